The molecule has 0 aliphatic heterocycles. The van der Waals surface area contributed by atoms with Crippen molar-refractivity contribution in [3.05, 3.63) is 63.0 Å². The molecule has 1 aromatic carbocycles. The van der Waals surface area contributed by atoms with Crippen LogP contribution in [0.15, 0.2) is 41.5 Å². The maximum atomic E-state index is 13.3. The van der Waals surface area contributed by atoms with E-state index in [-0.39, 0.29) is 17.5 Å². The Kier molecular flexibility index (Phi) is 5.23. The number of fused-ring (bicyclic) bond motifs is 1. The Morgan fingerprint density at radius 2 is 2.00 bits per heavy atom. The topological polar surface area (TPSA) is 55.2 Å². The van der Waals surface area contributed by atoms with Crippen molar-refractivity contribution in [1.29, 1.82) is 0 Å². The van der Waals surface area contributed by atoms with Gasteiger partial charge in [-0.3, -0.25) is 9.59 Å². The number of hydrogen-bond acceptors (Lipinski definition) is 4. The molecule has 0 spiro atoms. The van der Waals surface area contributed by atoms with Crippen LogP contribution in [0.1, 0.15) is 41.1 Å². The fourth-order valence-electron chi connectivity index (χ4n) is 2.97. The van der Waals surface area contributed by atoms with Crippen molar-refractivity contribution in [2.45, 2.75) is 39.8 Å². The zero-order chi connectivity index (χ0) is 18.8. The van der Waals surface area contributed by atoms with Crippen LogP contribution < -0.4 is 5.56 Å². The van der Waals surface area contributed by atoms with Crippen LogP contribution in [0, 0.1) is 6.92 Å². The summed E-state index contributed by atoms with van der Waals surface area (Å²) in [5.41, 5.74) is 1.71. The number of nitrogens with zero attached hydrogens (tertiary/aromatic N) is 3. The summed E-state index contributed by atoms with van der Waals surface area (Å²) in [6.07, 6.45) is 2.37. The van der Waals surface area contributed by atoms with Gasteiger partial charge in [0.25, 0.3) is 11.5 Å². The van der Waals surface area contributed by atoms with Crippen molar-refractivity contribution in [3.63, 3.8) is 0 Å². The number of amides is 1. The minimum Gasteiger partial charge on any atom is -0.331 e. The molecule has 26 heavy (non-hydrogen) atoms. The van der Waals surface area contributed by atoms with Crippen LogP contribution in [-0.4, -0.2) is 26.4 Å². The van der Waals surface area contributed by atoms with E-state index in [0.29, 0.717) is 21.6 Å². The van der Waals surface area contributed by atoms with Crippen LogP contribution in [0.25, 0.3) is 10.2 Å². The number of aryl methyl sites for hydroxylation is 2. The van der Waals surface area contributed by atoms with Crippen molar-refractivity contribution in [1.82, 2.24) is 14.5 Å². The second-order valence-corrected chi connectivity index (χ2v) is 7.57. The van der Waals surface area contributed by atoms with Crippen LogP contribution in [0.2, 0.25) is 0 Å². The van der Waals surface area contributed by atoms with E-state index < -0.39 is 0 Å². The van der Waals surface area contributed by atoms with Gasteiger partial charge in [-0.25, -0.2) is 4.98 Å². The molecule has 3 aromatic rings. The molecule has 1 amide bonds. The number of benzene rings is 1. The van der Waals surface area contributed by atoms with Gasteiger partial charge in [-0.2, -0.15) is 0 Å². The second kappa shape index (κ2) is 7.41. The van der Waals surface area contributed by atoms with Crippen LogP contribution >= 0.6 is 11.3 Å². The van der Waals surface area contributed by atoms with Crippen LogP contribution in [0.5, 0.6) is 0 Å². The molecule has 0 saturated carbocycles. The number of carbonyl (C=O) groups is 1. The highest BCUT2D eigenvalue weighted by molar-refractivity contribution is 7.20. The molecule has 2 aromatic heterocycles. The minimum atomic E-state index is -0.110. The molecule has 6 heteroatoms. The quantitative estimate of drug-likeness (QED) is 0.688. The summed E-state index contributed by atoms with van der Waals surface area (Å²) >= 11 is 1.31. The molecular weight excluding hydrogens is 346 g/mol. The maximum Gasteiger partial charge on any atom is 0.264 e. The Labute approximate surface area is 156 Å². The first-order valence-electron chi connectivity index (χ1n) is 8.73. The lowest BCUT2D eigenvalue weighted by Gasteiger charge is -2.28. The number of thiophene rings is 1. The van der Waals surface area contributed by atoms with E-state index in [4.69, 9.17) is 0 Å². The van der Waals surface area contributed by atoms with Crippen molar-refractivity contribution < 1.29 is 4.79 Å². The van der Waals surface area contributed by atoms with Gasteiger partial charge in [0.1, 0.15) is 4.83 Å². The highest BCUT2D eigenvalue weighted by Crippen LogP contribution is 2.29. The minimum absolute atomic E-state index is 0.0363. The lowest BCUT2D eigenvalue weighted by atomic mass is 10.1. The van der Waals surface area contributed by atoms with Gasteiger partial charge in [0.05, 0.1) is 16.6 Å². The summed E-state index contributed by atoms with van der Waals surface area (Å²) in [5, 5.41) is 0.548. The van der Waals surface area contributed by atoms with Gasteiger partial charge in [-0.05, 0) is 31.4 Å². The van der Waals surface area contributed by atoms with Gasteiger partial charge in [0.2, 0.25) is 0 Å². The molecule has 0 bridgehead atoms. The second-order valence-electron chi connectivity index (χ2n) is 6.57. The zero-order valence-corrected chi connectivity index (χ0v) is 16.3. The van der Waals surface area contributed by atoms with Crippen molar-refractivity contribution in [3.8, 4) is 0 Å². The van der Waals surface area contributed by atoms with Crippen LogP contribution in [0.3, 0.4) is 0 Å². The highest BCUT2D eigenvalue weighted by Gasteiger charge is 2.26. The zero-order valence-electron chi connectivity index (χ0n) is 15.5. The van der Waals surface area contributed by atoms with Crippen molar-refractivity contribution in [2.75, 3.05) is 0 Å². The van der Waals surface area contributed by atoms with Gasteiger partial charge >= 0.3 is 0 Å². The smallest absolute Gasteiger partial charge is 0.264 e. The Morgan fingerprint density at radius 1 is 1.31 bits per heavy atom. The molecule has 0 aliphatic rings. The first-order chi connectivity index (χ1) is 12.4. The molecule has 0 N–H and O–H groups in total. The third-order valence-electron chi connectivity index (χ3n) is 4.78. The first kappa shape index (κ1) is 18.3. The average Bonchev–Trinajstić information content (AvgIpc) is 2.99. The van der Waals surface area contributed by atoms with E-state index >= 15 is 0 Å². The average molecular weight is 369 g/mol. The molecular formula is C20H23N3O2S. The largest absolute Gasteiger partial charge is 0.331 e. The predicted molar refractivity (Wildman–Crippen MR) is 106 cm³/mol. The van der Waals surface area contributed by atoms with E-state index in [2.05, 4.69) is 18.8 Å². The fourth-order valence-corrected chi connectivity index (χ4v) is 4.07. The fraction of sp³-hybridized carbons (Fsp3) is 0.350. The third-order valence-corrected chi connectivity index (χ3v) is 5.97. The predicted octanol–water partition coefficient (Wildman–Crippen LogP) is 3.74. The SMILES string of the molecule is CCC(C)N(Cc1ccccc1)C(=O)c1sc2ncn(C)c(=O)c2c1C. The van der Waals surface area contributed by atoms with Gasteiger partial charge in [-0.15, -0.1) is 11.3 Å². The van der Waals surface area contributed by atoms with E-state index in [1.807, 2.05) is 42.2 Å². The molecule has 0 saturated heterocycles. The molecule has 136 valence electrons. The van der Waals surface area contributed by atoms with E-state index in [0.717, 1.165) is 17.5 Å². The summed E-state index contributed by atoms with van der Waals surface area (Å²) in [4.78, 5) is 33.2. The number of rotatable bonds is 5. The van der Waals surface area contributed by atoms with E-state index in [1.54, 1.807) is 7.05 Å². The summed E-state index contributed by atoms with van der Waals surface area (Å²) in [5.74, 6) is -0.0363. The van der Waals surface area contributed by atoms with Crippen LogP contribution in [0.4, 0.5) is 0 Å². The summed E-state index contributed by atoms with van der Waals surface area (Å²) < 4.78 is 1.45. The van der Waals surface area contributed by atoms with Gasteiger partial charge < -0.3 is 9.47 Å². The van der Waals surface area contributed by atoms with Gasteiger partial charge in [0, 0.05) is 19.6 Å². The number of hydrogen-bond donors (Lipinski definition) is 0. The van der Waals surface area contributed by atoms with Crippen molar-refractivity contribution >= 4 is 27.5 Å². The number of carbonyl (C=O) groups excluding carboxylic acids is 1. The summed E-state index contributed by atoms with van der Waals surface area (Å²) in [6.45, 7) is 6.52. The first-order valence-corrected chi connectivity index (χ1v) is 9.55. The highest BCUT2D eigenvalue weighted by atomic mass is 32.1. The van der Waals surface area contributed by atoms with E-state index in [1.165, 1.54) is 22.2 Å². The molecule has 1 unspecified atom stereocenters. The maximum absolute atomic E-state index is 13.3. The molecule has 0 fully saturated rings. The Hall–Kier alpha value is -2.47. The molecule has 2 heterocycles. The Balaban J connectivity index is 2.04. The lowest BCUT2D eigenvalue weighted by Crippen LogP contribution is -2.37. The monoisotopic (exact) mass is 369 g/mol. The normalized spacial score (nSPS) is 12.3. The van der Waals surface area contributed by atoms with Crippen molar-refractivity contribution in [2.24, 2.45) is 7.05 Å². The van der Waals surface area contributed by atoms with Crippen LogP contribution in [-0.2, 0) is 13.6 Å². The molecule has 5 nitrogen and oxygen atoms in total. The van der Waals surface area contributed by atoms with Gasteiger partial charge in [0.15, 0.2) is 0 Å². The molecule has 1 atom stereocenters. The molecule has 0 radical (unpaired) electrons. The van der Waals surface area contributed by atoms with E-state index in [9.17, 15) is 9.59 Å². The molecule has 0 aliphatic carbocycles. The Morgan fingerprint density at radius 3 is 2.65 bits per heavy atom. The summed E-state index contributed by atoms with van der Waals surface area (Å²) in [6, 6.07) is 10.1. The Bertz CT molecular complexity index is 991. The van der Waals surface area contributed by atoms with Gasteiger partial charge in [-0.1, -0.05) is 37.3 Å². The summed E-state index contributed by atoms with van der Waals surface area (Å²) in [7, 11) is 1.67. The number of aromatic nitrogens is 2. The lowest BCUT2D eigenvalue weighted by molar-refractivity contribution is 0.0676. The third kappa shape index (κ3) is 3.29. The standard InChI is InChI=1S/C20H23N3O2S/c1-5-13(2)23(11-15-9-7-6-8-10-15)20(25)17-14(3)16-18(26-17)21-12-22(4)19(16)24/h6-10,12-13H,5,11H2,1-4H3. The molecule has 3 rings (SSSR count).